The molecule has 0 N–H and O–H groups in total. The summed E-state index contributed by atoms with van der Waals surface area (Å²) in [5, 5.41) is 4.34. The Kier molecular flexibility index (Phi) is 6.60. The molecule has 8 nitrogen and oxygen atoms in total. The number of benzene rings is 1. The van der Waals surface area contributed by atoms with Crippen molar-refractivity contribution in [2.24, 2.45) is 0 Å². The Morgan fingerprint density at radius 2 is 2.08 bits per heavy atom. The molecule has 1 atom stereocenters. The van der Waals surface area contributed by atoms with E-state index in [0.717, 1.165) is 31.0 Å². The van der Waals surface area contributed by atoms with E-state index in [9.17, 15) is 18.0 Å². The molecule has 0 bridgehead atoms. The predicted octanol–water partition coefficient (Wildman–Crippen LogP) is 4.99. The maximum atomic E-state index is 14.1. The molecule has 190 valence electrons. The van der Waals surface area contributed by atoms with Crippen molar-refractivity contribution in [1.82, 2.24) is 19.7 Å². The lowest BCUT2D eigenvalue weighted by atomic mass is 10.1. The van der Waals surface area contributed by atoms with Crippen LogP contribution in [0, 0.1) is 5.82 Å². The molecule has 2 aromatic heterocycles. The summed E-state index contributed by atoms with van der Waals surface area (Å²) in [4.78, 5) is 23.2. The maximum absolute atomic E-state index is 14.1. The van der Waals surface area contributed by atoms with Gasteiger partial charge < -0.3 is 14.4 Å². The average molecular weight is 522 g/mol. The zero-order chi connectivity index (χ0) is 25.4. The van der Waals surface area contributed by atoms with Crippen LogP contribution >= 0.6 is 11.6 Å². The number of hydrogen-bond acceptors (Lipinski definition) is 7. The number of nitrogens with zero attached hydrogens (tertiary/aromatic N) is 5. The second-order valence-electron chi connectivity index (χ2n) is 8.82. The molecule has 0 saturated carbocycles. The van der Waals surface area contributed by atoms with E-state index in [1.807, 2.05) is 4.90 Å². The molecule has 2 aliphatic heterocycles. The minimum absolute atomic E-state index is 0.0364. The zero-order valence-electron chi connectivity index (χ0n) is 19.4. The smallest absolute Gasteiger partial charge is 0.290 e. The average Bonchev–Trinajstić information content (AvgIpc) is 2.86. The van der Waals surface area contributed by atoms with Crippen LogP contribution in [-0.4, -0.2) is 32.9 Å². The van der Waals surface area contributed by atoms with Gasteiger partial charge in [-0.25, -0.2) is 23.1 Å². The first kappa shape index (κ1) is 24.5. The molecule has 4 heterocycles. The van der Waals surface area contributed by atoms with E-state index in [0.29, 0.717) is 49.9 Å². The van der Waals surface area contributed by atoms with Gasteiger partial charge in [0.15, 0.2) is 6.23 Å². The van der Waals surface area contributed by atoms with E-state index >= 15 is 0 Å². The summed E-state index contributed by atoms with van der Waals surface area (Å²) in [5.41, 5.74) is 0.688. The van der Waals surface area contributed by atoms with Crippen molar-refractivity contribution in [1.29, 1.82) is 0 Å². The zero-order valence-corrected chi connectivity index (χ0v) is 20.1. The highest BCUT2D eigenvalue weighted by Crippen LogP contribution is 2.38. The molecule has 0 spiro atoms. The summed E-state index contributed by atoms with van der Waals surface area (Å²) in [6.07, 6.45) is 5.36. The third-order valence-corrected chi connectivity index (χ3v) is 6.64. The number of ether oxygens (including phenoxy) is 2. The van der Waals surface area contributed by atoms with Crippen molar-refractivity contribution in [2.75, 3.05) is 18.1 Å². The molecule has 1 fully saturated rings. The van der Waals surface area contributed by atoms with E-state index in [-0.39, 0.29) is 23.2 Å². The Morgan fingerprint density at radius 3 is 2.83 bits per heavy atom. The van der Waals surface area contributed by atoms with Gasteiger partial charge in [0.05, 0.1) is 29.7 Å². The van der Waals surface area contributed by atoms with Crippen molar-refractivity contribution in [2.45, 2.75) is 51.3 Å². The van der Waals surface area contributed by atoms with Crippen LogP contribution in [-0.2, 0) is 23.6 Å². The minimum atomic E-state index is -3.31. The second kappa shape index (κ2) is 9.70. The standard InChI is InChI=1S/C24H23ClF3N5O3/c1-24(27,28)16-10-14(26)5-6-19(16)36-22-15-7-8-32(12-17(15)29-13-30-22)18-11-31-33(23(34)21(18)25)20-4-2-3-9-35-20/h5-6,10-11,13,20H,2-4,7-9,12H2,1H3. The highest BCUT2D eigenvalue weighted by Gasteiger charge is 2.31. The Bertz CT molecular complexity index is 1340. The Morgan fingerprint density at radius 1 is 1.25 bits per heavy atom. The van der Waals surface area contributed by atoms with Crippen molar-refractivity contribution < 1.29 is 22.6 Å². The van der Waals surface area contributed by atoms with Crippen LogP contribution in [0.4, 0.5) is 18.9 Å². The first-order valence-electron chi connectivity index (χ1n) is 11.5. The molecular formula is C24H23ClF3N5O3. The summed E-state index contributed by atoms with van der Waals surface area (Å²) in [6, 6.07) is 2.96. The second-order valence-corrected chi connectivity index (χ2v) is 9.20. The molecule has 0 amide bonds. The number of anilines is 1. The summed E-state index contributed by atoms with van der Waals surface area (Å²) >= 11 is 6.46. The molecule has 36 heavy (non-hydrogen) atoms. The lowest BCUT2D eigenvalue weighted by molar-refractivity contribution is -0.0424. The molecule has 1 aromatic carbocycles. The van der Waals surface area contributed by atoms with E-state index in [1.165, 1.54) is 11.0 Å². The van der Waals surface area contributed by atoms with Gasteiger partial charge >= 0.3 is 0 Å². The van der Waals surface area contributed by atoms with Crippen molar-refractivity contribution in [3.63, 3.8) is 0 Å². The Balaban J connectivity index is 1.40. The topological polar surface area (TPSA) is 82.4 Å². The molecule has 5 rings (SSSR count). The van der Waals surface area contributed by atoms with Gasteiger partial charge in [0.2, 0.25) is 5.88 Å². The molecule has 3 aromatic rings. The van der Waals surface area contributed by atoms with Crippen LogP contribution in [0.3, 0.4) is 0 Å². The summed E-state index contributed by atoms with van der Waals surface area (Å²) in [7, 11) is 0. The lowest BCUT2D eigenvalue weighted by Gasteiger charge is -2.31. The highest BCUT2D eigenvalue weighted by molar-refractivity contribution is 6.33. The fraction of sp³-hybridized carbons (Fsp3) is 0.417. The number of halogens is 4. The quantitative estimate of drug-likeness (QED) is 0.467. The fourth-order valence-corrected chi connectivity index (χ4v) is 4.69. The van der Waals surface area contributed by atoms with Gasteiger partial charge in [0.1, 0.15) is 22.9 Å². The van der Waals surface area contributed by atoms with E-state index in [4.69, 9.17) is 21.1 Å². The molecule has 12 heteroatoms. The molecule has 0 radical (unpaired) electrons. The summed E-state index contributed by atoms with van der Waals surface area (Å²) in [5.74, 6) is -4.17. The van der Waals surface area contributed by atoms with Crippen LogP contribution in [0.1, 0.15) is 49.2 Å². The monoisotopic (exact) mass is 521 g/mol. The van der Waals surface area contributed by atoms with Crippen molar-refractivity contribution in [3.05, 3.63) is 68.7 Å². The summed E-state index contributed by atoms with van der Waals surface area (Å²) in [6.45, 7) is 1.95. The van der Waals surface area contributed by atoms with Gasteiger partial charge in [0, 0.05) is 25.6 Å². The number of alkyl halides is 2. The number of rotatable bonds is 5. The third-order valence-electron chi connectivity index (χ3n) is 6.28. The van der Waals surface area contributed by atoms with Crippen LogP contribution in [0.15, 0.2) is 35.5 Å². The van der Waals surface area contributed by atoms with Gasteiger partial charge in [0.25, 0.3) is 11.5 Å². The highest BCUT2D eigenvalue weighted by atomic mass is 35.5. The van der Waals surface area contributed by atoms with E-state index < -0.39 is 29.1 Å². The number of fused-ring (bicyclic) bond motifs is 1. The maximum Gasteiger partial charge on any atom is 0.290 e. The lowest BCUT2D eigenvalue weighted by Crippen LogP contribution is -2.36. The van der Waals surface area contributed by atoms with Crippen LogP contribution in [0.2, 0.25) is 5.02 Å². The summed E-state index contributed by atoms with van der Waals surface area (Å²) < 4.78 is 54.4. The van der Waals surface area contributed by atoms with Gasteiger partial charge in [-0.05, 0) is 43.9 Å². The molecule has 0 aliphatic carbocycles. The normalized spacial score (nSPS) is 18.1. The Labute approximate surface area is 209 Å². The van der Waals surface area contributed by atoms with E-state index in [2.05, 4.69) is 15.1 Å². The molecule has 1 saturated heterocycles. The van der Waals surface area contributed by atoms with E-state index in [1.54, 1.807) is 6.20 Å². The largest absolute Gasteiger partial charge is 0.438 e. The van der Waals surface area contributed by atoms with Gasteiger partial charge in [-0.2, -0.15) is 9.78 Å². The first-order valence-corrected chi connectivity index (χ1v) is 11.9. The predicted molar refractivity (Wildman–Crippen MR) is 125 cm³/mol. The van der Waals surface area contributed by atoms with Gasteiger partial charge in [-0.3, -0.25) is 4.79 Å². The first-order chi connectivity index (χ1) is 17.2. The van der Waals surface area contributed by atoms with Crippen molar-refractivity contribution in [3.8, 4) is 11.6 Å². The SMILES string of the molecule is CC(F)(F)c1cc(F)ccc1Oc1ncnc2c1CCN(c1cnn(C3CCCCO3)c(=O)c1Cl)C2. The Hall–Kier alpha value is -3.18. The molecular weight excluding hydrogens is 499 g/mol. The van der Waals surface area contributed by atoms with Gasteiger partial charge in [-0.15, -0.1) is 0 Å². The molecule has 2 aliphatic rings. The fourth-order valence-electron chi connectivity index (χ4n) is 4.43. The minimum Gasteiger partial charge on any atom is -0.438 e. The van der Waals surface area contributed by atoms with Crippen LogP contribution in [0.25, 0.3) is 0 Å². The molecule has 1 unspecified atom stereocenters. The van der Waals surface area contributed by atoms with Crippen LogP contribution < -0.4 is 15.2 Å². The number of aromatic nitrogens is 4. The van der Waals surface area contributed by atoms with Crippen LogP contribution in [0.5, 0.6) is 11.6 Å². The third kappa shape index (κ3) is 4.77. The number of hydrogen-bond donors (Lipinski definition) is 0. The van der Waals surface area contributed by atoms with Crippen molar-refractivity contribution >= 4 is 17.3 Å². The van der Waals surface area contributed by atoms with Gasteiger partial charge in [-0.1, -0.05) is 11.6 Å².